The molecule has 108 valence electrons. The average molecular weight is 278 g/mol. The van der Waals surface area contributed by atoms with Gasteiger partial charge in [-0.1, -0.05) is 6.07 Å². The van der Waals surface area contributed by atoms with Gasteiger partial charge in [0.25, 0.3) is 0 Å². The minimum atomic E-state index is -1.08. The van der Waals surface area contributed by atoms with Gasteiger partial charge in [0.2, 0.25) is 0 Å². The summed E-state index contributed by atoms with van der Waals surface area (Å²) in [6.45, 7) is 4.70. The van der Waals surface area contributed by atoms with Gasteiger partial charge >= 0.3 is 5.97 Å². The number of anilines is 1. The fourth-order valence-electron chi connectivity index (χ4n) is 2.59. The second kappa shape index (κ2) is 6.05. The molecule has 0 radical (unpaired) electrons. The van der Waals surface area contributed by atoms with Crippen molar-refractivity contribution in [1.29, 1.82) is 0 Å². The molecule has 1 unspecified atom stereocenters. The molecule has 0 aromatic heterocycles. The summed E-state index contributed by atoms with van der Waals surface area (Å²) < 4.78 is 14.0. The topological polar surface area (TPSA) is 43.8 Å². The van der Waals surface area contributed by atoms with Crippen molar-refractivity contribution in [2.24, 2.45) is 0 Å². The highest BCUT2D eigenvalue weighted by Crippen LogP contribution is 2.27. The van der Waals surface area contributed by atoms with Crippen LogP contribution in [0.5, 0.6) is 0 Å². The molecule has 1 aliphatic heterocycles. The van der Waals surface area contributed by atoms with Crippen molar-refractivity contribution in [2.45, 2.75) is 13.0 Å². The average Bonchev–Trinajstić information content (AvgIpc) is 2.37. The van der Waals surface area contributed by atoms with Crippen LogP contribution in [0.15, 0.2) is 24.3 Å². The fourth-order valence-corrected chi connectivity index (χ4v) is 2.59. The Bertz CT molecular complexity index is 531. The Hall–Kier alpha value is -1.88. The van der Waals surface area contributed by atoms with Crippen molar-refractivity contribution in [3.05, 3.63) is 35.7 Å². The first-order valence-corrected chi connectivity index (χ1v) is 6.63. The Balaban J connectivity index is 2.36. The number of carboxylic acids is 1. The maximum absolute atomic E-state index is 14.0. The van der Waals surface area contributed by atoms with Gasteiger partial charge in [0.1, 0.15) is 5.82 Å². The summed E-state index contributed by atoms with van der Waals surface area (Å²) in [7, 11) is 2.06. The summed E-state index contributed by atoms with van der Waals surface area (Å²) in [5, 5.41) is 8.72. The molecule has 1 saturated heterocycles. The number of nitrogens with zero attached hydrogens (tertiary/aromatic N) is 2. The predicted molar refractivity (Wildman–Crippen MR) is 77.4 cm³/mol. The Kier molecular flexibility index (Phi) is 4.39. The maximum atomic E-state index is 14.0. The van der Waals surface area contributed by atoms with Gasteiger partial charge in [-0.3, -0.25) is 0 Å². The van der Waals surface area contributed by atoms with E-state index in [0.717, 1.165) is 31.4 Å². The summed E-state index contributed by atoms with van der Waals surface area (Å²) in [6.07, 6.45) is 2.31. The molecule has 4 nitrogen and oxygen atoms in total. The van der Waals surface area contributed by atoms with E-state index in [1.54, 1.807) is 6.07 Å². The zero-order valence-electron chi connectivity index (χ0n) is 11.7. The minimum absolute atomic E-state index is 0.257. The molecule has 0 bridgehead atoms. The SMILES string of the molecule is CC1CN(C)CCN1c1cccc(F)c1/C=C/C(=O)O. The summed E-state index contributed by atoms with van der Waals surface area (Å²) in [5.41, 5.74) is 1.09. The number of carboxylic acid groups (broad SMARTS) is 1. The fraction of sp³-hybridized carbons (Fsp3) is 0.400. The predicted octanol–water partition coefficient (Wildman–Crippen LogP) is 2.06. The summed E-state index contributed by atoms with van der Waals surface area (Å²) in [5.74, 6) is -1.48. The number of benzene rings is 1. The van der Waals surface area contributed by atoms with E-state index in [0.29, 0.717) is 5.56 Å². The molecule has 1 aromatic carbocycles. The third-order valence-corrected chi connectivity index (χ3v) is 3.56. The van der Waals surface area contributed by atoms with Crippen molar-refractivity contribution in [1.82, 2.24) is 4.90 Å². The van der Waals surface area contributed by atoms with Crippen LogP contribution in [-0.2, 0) is 4.79 Å². The van der Waals surface area contributed by atoms with Crippen molar-refractivity contribution >= 4 is 17.7 Å². The van der Waals surface area contributed by atoms with Crippen LogP contribution < -0.4 is 4.90 Å². The van der Waals surface area contributed by atoms with E-state index in [-0.39, 0.29) is 6.04 Å². The quantitative estimate of drug-likeness (QED) is 0.860. The van der Waals surface area contributed by atoms with E-state index in [1.807, 2.05) is 6.07 Å². The number of piperazine rings is 1. The molecule has 1 N–H and O–H groups in total. The van der Waals surface area contributed by atoms with Crippen molar-refractivity contribution < 1.29 is 14.3 Å². The first kappa shape index (κ1) is 14.5. The molecular weight excluding hydrogens is 259 g/mol. The highest BCUT2D eigenvalue weighted by molar-refractivity contribution is 5.87. The van der Waals surface area contributed by atoms with Gasteiger partial charge in [-0.15, -0.1) is 0 Å². The third kappa shape index (κ3) is 3.17. The maximum Gasteiger partial charge on any atom is 0.328 e. The van der Waals surface area contributed by atoms with Gasteiger partial charge in [0, 0.05) is 43.0 Å². The lowest BCUT2D eigenvalue weighted by Gasteiger charge is -2.40. The molecule has 2 rings (SSSR count). The van der Waals surface area contributed by atoms with Crippen LogP contribution in [0, 0.1) is 5.82 Å². The van der Waals surface area contributed by atoms with Gasteiger partial charge < -0.3 is 14.9 Å². The number of hydrogen-bond donors (Lipinski definition) is 1. The Morgan fingerprint density at radius 2 is 2.20 bits per heavy atom. The number of carbonyl (C=O) groups is 1. The lowest BCUT2D eigenvalue weighted by molar-refractivity contribution is -0.131. The molecule has 0 amide bonds. The van der Waals surface area contributed by atoms with Crippen LogP contribution >= 0.6 is 0 Å². The van der Waals surface area contributed by atoms with Crippen molar-refractivity contribution in [3.8, 4) is 0 Å². The highest BCUT2D eigenvalue weighted by atomic mass is 19.1. The lowest BCUT2D eigenvalue weighted by Crippen LogP contribution is -2.50. The molecule has 1 atom stereocenters. The molecule has 1 aromatic rings. The number of likely N-dealkylation sites (N-methyl/N-ethyl adjacent to an activating group) is 1. The summed E-state index contributed by atoms with van der Waals surface area (Å²) in [6, 6.07) is 5.11. The molecule has 1 aliphatic rings. The van der Waals surface area contributed by atoms with Crippen LogP contribution in [-0.4, -0.2) is 48.7 Å². The van der Waals surface area contributed by atoms with Crippen LogP contribution in [0.25, 0.3) is 6.08 Å². The van der Waals surface area contributed by atoms with Crippen LogP contribution in [0.3, 0.4) is 0 Å². The normalized spacial score (nSPS) is 20.6. The van der Waals surface area contributed by atoms with E-state index in [1.165, 1.54) is 12.1 Å². The van der Waals surface area contributed by atoms with Gasteiger partial charge in [-0.2, -0.15) is 0 Å². The van der Waals surface area contributed by atoms with E-state index in [2.05, 4.69) is 23.8 Å². The molecule has 20 heavy (non-hydrogen) atoms. The standard InChI is InChI=1S/C15H19FN2O2/c1-11-10-17(2)8-9-18(11)14-5-3-4-13(16)12(14)6-7-15(19)20/h3-7,11H,8-10H2,1-2H3,(H,19,20)/b7-6+. The molecule has 5 heteroatoms. The van der Waals surface area contributed by atoms with Crippen LogP contribution in [0.1, 0.15) is 12.5 Å². The van der Waals surface area contributed by atoms with Crippen LogP contribution in [0.2, 0.25) is 0 Å². The molecule has 1 heterocycles. The first-order chi connectivity index (χ1) is 9.49. The molecular formula is C15H19FN2O2. The Morgan fingerprint density at radius 3 is 2.85 bits per heavy atom. The van der Waals surface area contributed by atoms with Crippen LogP contribution in [0.4, 0.5) is 10.1 Å². The molecule has 0 saturated carbocycles. The largest absolute Gasteiger partial charge is 0.478 e. The van der Waals surface area contributed by atoms with E-state index < -0.39 is 11.8 Å². The molecule has 0 spiro atoms. The van der Waals surface area contributed by atoms with Crippen molar-refractivity contribution in [2.75, 3.05) is 31.6 Å². The number of aliphatic carboxylic acids is 1. The van der Waals surface area contributed by atoms with E-state index in [4.69, 9.17) is 5.11 Å². The zero-order valence-corrected chi connectivity index (χ0v) is 11.7. The smallest absolute Gasteiger partial charge is 0.328 e. The second-order valence-corrected chi connectivity index (χ2v) is 5.15. The van der Waals surface area contributed by atoms with E-state index in [9.17, 15) is 9.18 Å². The van der Waals surface area contributed by atoms with Gasteiger partial charge in [0.15, 0.2) is 0 Å². The summed E-state index contributed by atoms with van der Waals surface area (Å²) in [4.78, 5) is 15.0. The van der Waals surface area contributed by atoms with Gasteiger partial charge in [0.05, 0.1) is 0 Å². The Labute approximate surface area is 118 Å². The molecule has 0 aliphatic carbocycles. The monoisotopic (exact) mass is 278 g/mol. The summed E-state index contributed by atoms with van der Waals surface area (Å²) >= 11 is 0. The molecule has 1 fully saturated rings. The Morgan fingerprint density at radius 1 is 1.45 bits per heavy atom. The van der Waals surface area contributed by atoms with Gasteiger partial charge in [-0.05, 0) is 32.2 Å². The number of hydrogen-bond acceptors (Lipinski definition) is 3. The second-order valence-electron chi connectivity index (χ2n) is 5.15. The number of rotatable bonds is 3. The number of halogens is 1. The van der Waals surface area contributed by atoms with Gasteiger partial charge in [-0.25, -0.2) is 9.18 Å². The highest BCUT2D eigenvalue weighted by Gasteiger charge is 2.23. The first-order valence-electron chi connectivity index (χ1n) is 6.63. The zero-order chi connectivity index (χ0) is 14.7. The third-order valence-electron chi connectivity index (χ3n) is 3.56. The lowest BCUT2D eigenvalue weighted by atomic mass is 10.1. The van der Waals surface area contributed by atoms with Crippen molar-refractivity contribution in [3.63, 3.8) is 0 Å². The minimum Gasteiger partial charge on any atom is -0.478 e. The van der Waals surface area contributed by atoms with E-state index >= 15 is 0 Å².